The third kappa shape index (κ3) is 3.95. The second kappa shape index (κ2) is 6.89. The normalized spacial score (nSPS) is 21.9. The van der Waals surface area contributed by atoms with E-state index in [0.29, 0.717) is 32.4 Å². The smallest absolute Gasteiger partial charge is 0.234 e. The van der Waals surface area contributed by atoms with Crippen LogP contribution in [0.25, 0.3) is 0 Å². The van der Waals surface area contributed by atoms with Crippen LogP contribution < -0.4 is 11.1 Å². The standard InChI is InChI=1S/C13H16Cl2N2O2S/c1-7-11(2-3-19-7)20-6-12(18)17-13-9(15)4-8(14)5-10(13)16/h4-5,7,11H,2-3,6,16H2,1H3,(H,17,18). The molecule has 1 saturated heterocycles. The van der Waals surface area contributed by atoms with Crippen LogP contribution in [0.3, 0.4) is 0 Å². The number of hydrogen-bond acceptors (Lipinski definition) is 4. The summed E-state index contributed by atoms with van der Waals surface area (Å²) in [5.74, 6) is 0.210. The first-order valence-electron chi connectivity index (χ1n) is 6.25. The van der Waals surface area contributed by atoms with Gasteiger partial charge in [-0.3, -0.25) is 4.79 Å². The number of nitrogen functional groups attached to an aromatic ring is 1. The van der Waals surface area contributed by atoms with Gasteiger partial charge < -0.3 is 15.8 Å². The van der Waals surface area contributed by atoms with Crippen LogP contribution >= 0.6 is 35.0 Å². The van der Waals surface area contributed by atoms with E-state index < -0.39 is 0 Å². The summed E-state index contributed by atoms with van der Waals surface area (Å²) in [4.78, 5) is 11.9. The molecule has 0 bridgehead atoms. The minimum atomic E-state index is -0.134. The summed E-state index contributed by atoms with van der Waals surface area (Å²) >= 11 is 13.4. The lowest BCUT2D eigenvalue weighted by Crippen LogP contribution is -2.20. The monoisotopic (exact) mass is 334 g/mol. The van der Waals surface area contributed by atoms with Crippen molar-refractivity contribution < 1.29 is 9.53 Å². The molecule has 0 radical (unpaired) electrons. The van der Waals surface area contributed by atoms with Gasteiger partial charge in [-0.1, -0.05) is 23.2 Å². The third-order valence-corrected chi connectivity index (χ3v) is 5.08. The number of hydrogen-bond donors (Lipinski definition) is 2. The zero-order valence-corrected chi connectivity index (χ0v) is 13.3. The van der Waals surface area contributed by atoms with Gasteiger partial charge in [-0.25, -0.2) is 0 Å². The van der Waals surface area contributed by atoms with Crippen molar-refractivity contribution in [3.05, 3.63) is 22.2 Å². The lowest BCUT2D eigenvalue weighted by Gasteiger charge is -2.14. The molecule has 1 aromatic carbocycles. The van der Waals surface area contributed by atoms with Crippen molar-refractivity contribution in [3.8, 4) is 0 Å². The van der Waals surface area contributed by atoms with E-state index in [1.165, 1.54) is 0 Å². The average Bonchev–Trinajstić information content (AvgIpc) is 2.77. The lowest BCUT2D eigenvalue weighted by atomic mass is 10.2. The van der Waals surface area contributed by atoms with Crippen LogP contribution in [0, 0.1) is 0 Å². The summed E-state index contributed by atoms with van der Waals surface area (Å²) in [6, 6.07) is 3.11. The van der Waals surface area contributed by atoms with E-state index in [0.717, 1.165) is 13.0 Å². The maximum Gasteiger partial charge on any atom is 0.234 e. The molecule has 0 saturated carbocycles. The Kier molecular flexibility index (Phi) is 5.43. The van der Waals surface area contributed by atoms with E-state index in [-0.39, 0.29) is 12.0 Å². The molecule has 0 aromatic heterocycles. The van der Waals surface area contributed by atoms with Crippen LogP contribution in [-0.4, -0.2) is 29.6 Å². The largest absolute Gasteiger partial charge is 0.397 e. The fourth-order valence-corrected chi connectivity index (χ4v) is 3.62. The van der Waals surface area contributed by atoms with Gasteiger partial charge in [0.1, 0.15) is 0 Å². The number of rotatable bonds is 4. The Hall–Kier alpha value is -0.620. The molecule has 0 spiro atoms. The van der Waals surface area contributed by atoms with Gasteiger partial charge in [-0.2, -0.15) is 0 Å². The summed E-state index contributed by atoms with van der Waals surface area (Å²) in [5, 5.41) is 3.87. The minimum absolute atomic E-state index is 0.134. The van der Waals surface area contributed by atoms with Gasteiger partial charge in [-0.05, 0) is 25.5 Å². The summed E-state index contributed by atoms with van der Waals surface area (Å²) in [5.41, 5.74) is 6.57. The number of thioether (sulfide) groups is 1. The molecule has 3 N–H and O–H groups in total. The van der Waals surface area contributed by atoms with E-state index in [2.05, 4.69) is 5.32 Å². The topological polar surface area (TPSA) is 64.3 Å². The molecule has 1 amide bonds. The Balaban J connectivity index is 1.91. The number of ether oxygens (including phenoxy) is 1. The zero-order chi connectivity index (χ0) is 14.7. The fraction of sp³-hybridized carbons (Fsp3) is 0.462. The van der Waals surface area contributed by atoms with Crippen LogP contribution in [0.2, 0.25) is 10.0 Å². The SMILES string of the molecule is CC1OCCC1SCC(=O)Nc1c(N)cc(Cl)cc1Cl. The van der Waals surface area contributed by atoms with E-state index >= 15 is 0 Å². The third-order valence-electron chi connectivity index (χ3n) is 3.09. The molecule has 20 heavy (non-hydrogen) atoms. The number of amides is 1. The van der Waals surface area contributed by atoms with E-state index in [1.807, 2.05) is 6.92 Å². The number of halogens is 2. The van der Waals surface area contributed by atoms with Crippen LogP contribution in [0.5, 0.6) is 0 Å². The molecular weight excluding hydrogens is 319 g/mol. The van der Waals surface area contributed by atoms with Crippen molar-refractivity contribution in [1.29, 1.82) is 0 Å². The van der Waals surface area contributed by atoms with Crippen LogP contribution in [0.15, 0.2) is 12.1 Å². The highest BCUT2D eigenvalue weighted by atomic mass is 35.5. The average molecular weight is 335 g/mol. The Morgan fingerprint density at radius 1 is 1.55 bits per heavy atom. The number of carbonyl (C=O) groups is 1. The Labute approximate surface area is 132 Å². The first kappa shape index (κ1) is 15.8. The van der Waals surface area contributed by atoms with Gasteiger partial charge in [0.25, 0.3) is 0 Å². The molecule has 2 atom stereocenters. The van der Waals surface area contributed by atoms with Gasteiger partial charge in [0, 0.05) is 16.9 Å². The van der Waals surface area contributed by atoms with Crippen molar-refractivity contribution in [3.63, 3.8) is 0 Å². The molecule has 2 unspecified atom stereocenters. The molecule has 1 aromatic rings. The summed E-state index contributed by atoms with van der Waals surface area (Å²) < 4.78 is 5.46. The second-order valence-electron chi connectivity index (χ2n) is 4.61. The summed E-state index contributed by atoms with van der Waals surface area (Å²) in [6.07, 6.45) is 1.17. The molecule has 1 fully saturated rings. The molecule has 110 valence electrons. The first-order valence-corrected chi connectivity index (χ1v) is 8.05. The number of benzene rings is 1. The molecule has 1 heterocycles. The van der Waals surface area contributed by atoms with Crippen molar-refractivity contribution in [2.45, 2.75) is 24.7 Å². The van der Waals surface area contributed by atoms with E-state index in [9.17, 15) is 4.79 Å². The lowest BCUT2D eigenvalue weighted by molar-refractivity contribution is -0.113. The van der Waals surface area contributed by atoms with Gasteiger partial charge in [-0.15, -0.1) is 11.8 Å². The number of nitrogens with two attached hydrogens (primary N) is 1. The second-order valence-corrected chi connectivity index (χ2v) is 6.69. The maximum atomic E-state index is 11.9. The predicted octanol–water partition coefficient (Wildman–Crippen LogP) is 3.42. The van der Waals surface area contributed by atoms with Crippen molar-refractivity contribution >= 4 is 52.2 Å². The Morgan fingerprint density at radius 2 is 2.30 bits per heavy atom. The molecule has 2 rings (SSSR count). The van der Waals surface area contributed by atoms with Crippen molar-refractivity contribution in [1.82, 2.24) is 0 Å². The Morgan fingerprint density at radius 3 is 2.90 bits per heavy atom. The fourth-order valence-electron chi connectivity index (χ4n) is 2.01. The molecule has 7 heteroatoms. The van der Waals surface area contributed by atoms with E-state index in [4.69, 9.17) is 33.7 Å². The van der Waals surface area contributed by atoms with Crippen molar-refractivity contribution in [2.24, 2.45) is 0 Å². The Bertz CT molecular complexity index is 490. The molecule has 1 aliphatic rings. The predicted molar refractivity (Wildman–Crippen MR) is 85.8 cm³/mol. The highest BCUT2D eigenvalue weighted by molar-refractivity contribution is 8.00. The van der Waals surface area contributed by atoms with Gasteiger partial charge >= 0.3 is 0 Å². The molecule has 1 aliphatic heterocycles. The zero-order valence-electron chi connectivity index (χ0n) is 11.0. The van der Waals surface area contributed by atoms with Crippen LogP contribution in [-0.2, 0) is 9.53 Å². The highest BCUT2D eigenvalue weighted by Crippen LogP contribution is 2.32. The number of carbonyl (C=O) groups excluding carboxylic acids is 1. The van der Waals surface area contributed by atoms with Crippen LogP contribution in [0.4, 0.5) is 11.4 Å². The maximum absolute atomic E-state index is 11.9. The summed E-state index contributed by atoms with van der Waals surface area (Å²) in [6.45, 7) is 2.78. The van der Waals surface area contributed by atoms with Crippen LogP contribution in [0.1, 0.15) is 13.3 Å². The molecule has 0 aliphatic carbocycles. The van der Waals surface area contributed by atoms with Gasteiger partial charge in [0.2, 0.25) is 5.91 Å². The minimum Gasteiger partial charge on any atom is -0.397 e. The van der Waals surface area contributed by atoms with Gasteiger partial charge in [0.15, 0.2) is 0 Å². The molecular formula is C13H16Cl2N2O2S. The number of nitrogens with one attached hydrogen (secondary N) is 1. The summed E-state index contributed by atoms with van der Waals surface area (Å²) in [7, 11) is 0. The van der Waals surface area contributed by atoms with Gasteiger partial charge in [0.05, 0.1) is 28.3 Å². The first-order chi connectivity index (χ1) is 9.47. The molecule has 4 nitrogen and oxygen atoms in total. The highest BCUT2D eigenvalue weighted by Gasteiger charge is 2.25. The quantitative estimate of drug-likeness (QED) is 0.828. The van der Waals surface area contributed by atoms with Crippen molar-refractivity contribution in [2.75, 3.05) is 23.4 Å². The number of anilines is 2. The van der Waals surface area contributed by atoms with E-state index in [1.54, 1.807) is 23.9 Å².